The third kappa shape index (κ3) is 8.60. The zero-order chi connectivity index (χ0) is 37.3. The number of hydrogen-bond acceptors (Lipinski definition) is 11. The lowest BCUT2D eigenvalue weighted by Crippen LogP contribution is -2.38. The lowest BCUT2D eigenvalue weighted by Gasteiger charge is -2.28. The van der Waals surface area contributed by atoms with Crippen LogP contribution in [0.1, 0.15) is 71.4 Å². The SMILES string of the molecule is COc1cc(C2NC(=O)c3cc(Cl)ccc3N2)ccc1OCCCCCCOc1cc(C2=NOC(c3cc(OC)c(OC)c(OC)c3)C2)ccc1OC. The Morgan fingerprint density at radius 3 is 2.02 bits per heavy atom. The average Bonchev–Trinajstić information content (AvgIpc) is 3.69. The second-order valence-electron chi connectivity index (χ2n) is 12.4. The van der Waals surface area contributed by atoms with E-state index in [1.54, 1.807) is 53.7 Å². The summed E-state index contributed by atoms with van der Waals surface area (Å²) < 4.78 is 39.9. The number of methoxy groups -OCH3 is 5. The fourth-order valence-electron chi connectivity index (χ4n) is 6.29. The Kier molecular flexibility index (Phi) is 12.2. The van der Waals surface area contributed by atoms with Crippen molar-refractivity contribution in [2.24, 2.45) is 5.16 Å². The molecule has 2 heterocycles. The molecule has 2 aliphatic rings. The van der Waals surface area contributed by atoms with Crippen LogP contribution >= 0.6 is 11.6 Å². The summed E-state index contributed by atoms with van der Waals surface area (Å²) >= 11 is 6.07. The molecular weight excluding hydrogens is 702 g/mol. The number of carbonyl (C=O) groups is 1. The normalized spacial score (nSPS) is 16.0. The van der Waals surface area contributed by atoms with Crippen LogP contribution in [0.25, 0.3) is 0 Å². The summed E-state index contributed by atoms with van der Waals surface area (Å²) in [5.74, 6) is 3.99. The number of hydrogen-bond donors (Lipinski definition) is 2. The van der Waals surface area contributed by atoms with E-state index >= 15 is 0 Å². The predicted molar refractivity (Wildman–Crippen MR) is 202 cm³/mol. The Labute approximate surface area is 314 Å². The summed E-state index contributed by atoms with van der Waals surface area (Å²) in [6.07, 6.45) is 3.52. The highest BCUT2D eigenvalue weighted by Gasteiger charge is 2.28. The number of oxime groups is 1. The van der Waals surface area contributed by atoms with Crippen molar-refractivity contribution in [3.63, 3.8) is 0 Å². The fourth-order valence-corrected chi connectivity index (χ4v) is 6.46. The molecule has 4 aromatic carbocycles. The van der Waals surface area contributed by atoms with E-state index in [1.807, 2.05) is 48.5 Å². The van der Waals surface area contributed by atoms with Gasteiger partial charge >= 0.3 is 0 Å². The highest BCUT2D eigenvalue weighted by atomic mass is 35.5. The van der Waals surface area contributed by atoms with Gasteiger partial charge in [0.2, 0.25) is 5.75 Å². The number of nitrogens with one attached hydrogen (secondary N) is 2. The molecular formula is C40H44ClN3O9. The Morgan fingerprint density at radius 1 is 0.679 bits per heavy atom. The maximum Gasteiger partial charge on any atom is 0.255 e. The summed E-state index contributed by atoms with van der Waals surface area (Å²) in [6.45, 7) is 1.08. The van der Waals surface area contributed by atoms with Crippen molar-refractivity contribution in [3.05, 3.63) is 94.0 Å². The second kappa shape index (κ2) is 17.4. The molecule has 1 amide bonds. The van der Waals surface area contributed by atoms with Crippen molar-refractivity contribution in [2.75, 3.05) is 54.1 Å². The number of rotatable bonds is 17. The van der Waals surface area contributed by atoms with Crippen LogP contribution in [0.5, 0.6) is 40.2 Å². The number of halogens is 1. The van der Waals surface area contributed by atoms with E-state index in [0.29, 0.717) is 70.5 Å². The van der Waals surface area contributed by atoms with E-state index < -0.39 is 6.17 Å². The van der Waals surface area contributed by atoms with Crippen LogP contribution in [0.15, 0.2) is 71.9 Å². The first-order valence-electron chi connectivity index (χ1n) is 17.4. The molecule has 13 heteroatoms. The third-order valence-corrected chi connectivity index (χ3v) is 9.34. The molecule has 2 N–H and O–H groups in total. The standard InChI is InChI=1S/C40H44ClN3O9/c1-46-31-14-10-24(30-23-33(53-44-30)26-20-36(48-3)38(50-5)37(21-26)49-4)18-35(31)52-17-9-7-6-8-16-51-32-15-11-25(19-34(32)47-2)39-42-29-13-12-27(41)22-28(29)40(45)43-39/h10-15,18-22,33,39,42H,6-9,16-17,23H2,1-5H3,(H,43,45). The molecule has 280 valence electrons. The topological polar surface area (TPSA) is 127 Å². The maximum atomic E-state index is 12.7. The van der Waals surface area contributed by atoms with Gasteiger partial charge in [0.15, 0.2) is 40.6 Å². The first-order valence-corrected chi connectivity index (χ1v) is 17.7. The number of fused-ring (bicyclic) bond motifs is 1. The Hall–Kier alpha value is -5.49. The molecule has 2 atom stereocenters. The van der Waals surface area contributed by atoms with E-state index in [1.165, 1.54) is 0 Å². The minimum Gasteiger partial charge on any atom is -0.493 e. The van der Waals surface area contributed by atoms with Crippen LogP contribution < -0.4 is 43.8 Å². The zero-order valence-corrected chi connectivity index (χ0v) is 31.2. The van der Waals surface area contributed by atoms with E-state index in [-0.39, 0.29) is 12.0 Å². The minimum atomic E-state index is -0.415. The van der Waals surface area contributed by atoms with E-state index in [2.05, 4.69) is 15.8 Å². The monoisotopic (exact) mass is 745 g/mol. The molecule has 0 aliphatic carbocycles. The molecule has 12 nitrogen and oxygen atoms in total. The van der Waals surface area contributed by atoms with Gasteiger partial charge in [-0.15, -0.1) is 0 Å². The van der Waals surface area contributed by atoms with E-state index in [4.69, 9.17) is 49.6 Å². The summed E-state index contributed by atoms with van der Waals surface area (Å²) in [4.78, 5) is 18.5. The number of carbonyl (C=O) groups excluding carboxylic acids is 1. The molecule has 0 spiro atoms. The Balaban J connectivity index is 0.951. The van der Waals surface area contributed by atoms with Crippen LogP contribution in [-0.2, 0) is 4.84 Å². The van der Waals surface area contributed by atoms with Gasteiger partial charge in [-0.25, -0.2) is 0 Å². The molecule has 0 saturated heterocycles. The van der Waals surface area contributed by atoms with Crippen LogP contribution in [0.4, 0.5) is 5.69 Å². The molecule has 0 bridgehead atoms. The number of anilines is 1. The molecule has 0 saturated carbocycles. The van der Waals surface area contributed by atoms with Gasteiger partial charge in [0.1, 0.15) is 6.17 Å². The predicted octanol–water partition coefficient (Wildman–Crippen LogP) is 8.12. The number of benzene rings is 4. The molecule has 4 aromatic rings. The van der Waals surface area contributed by atoms with Crippen molar-refractivity contribution >= 4 is 28.9 Å². The molecule has 2 aliphatic heterocycles. The maximum absolute atomic E-state index is 12.7. The largest absolute Gasteiger partial charge is 0.493 e. The number of ether oxygens (including phenoxy) is 7. The lowest BCUT2D eigenvalue weighted by molar-refractivity contribution is 0.0853. The first-order chi connectivity index (χ1) is 25.8. The molecule has 53 heavy (non-hydrogen) atoms. The number of unbranched alkanes of at least 4 members (excludes halogenated alkanes) is 3. The minimum absolute atomic E-state index is 0.194. The second-order valence-corrected chi connectivity index (χ2v) is 12.9. The Morgan fingerprint density at radius 2 is 1.34 bits per heavy atom. The van der Waals surface area contributed by atoms with Crippen LogP contribution in [0.2, 0.25) is 5.02 Å². The van der Waals surface area contributed by atoms with Crippen LogP contribution in [0.3, 0.4) is 0 Å². The van der Waals surface area contributed by atoms with Gasteiger partial charge < -0.3 is 48.6 Å². The molecule has 0 aromatic heterocycles. The van der Waals surface area contributed by atoms with Crippen molar-refractivity contribution in [1.29, 1.82) is 0 Å². The Bertz CT molecular complexity index is 1930. The smallest absolute Gasteiger partial charge is 0.255 e. The van der Waals surface area contributed by atoms with Gasteiger partial charge in [0.05, 0.1) is 60.0 Å². The summed E-state index contributed by atoms with van der Waals surface area (Å²) in [5.41, 5.74) is 4.64. The lowest BCUT2D eigenvalue weighted by atomic mass is 9.99. The van der Waals surface area contributed by atoms with Crippen molar-refractivity contribution < 1.29 is 42.8 Å². The third-order valence-electron chi connectivity index (χ3n) is 9.10. The average molecular weight is 746 g/mol. The van der Waals surface area contributed by atoms with Gasteiger partial charge in [0, 0.05) is 28.3 Å². The highest BCUT2D eigenvalue weighted by Crippen LogP contribution is 2.43. The molecule has 2 unspecified atom stereocenters. The van der Waals surface area contributed by atoms with Crippen molar-refractivity contribution in [1.82, 2.24) is 5.32 Å². The van der Waals surface area contributed by atoms with E-state index in [9.17, 15) is 4.79 Å². The van der Waals surface area contributed by atoms with Gasteiger partial charge in [-0.1, -0.05) is 22.8 Å². The quantitative estimate of drug-likeness (QED) is 0.102. The number of nitrogens with zero attached hydrogens (tertiary/aromatic N) is 1. The van der Waals surface area contributed by atoms with Gasteiger partial charge in [-0.3, -0.25) is 4.79 Å². The molecule has 0 fully saturated rings. The van der Waals surface area contributed by atoms with Gasteiger partial charge in [0.25, 0.3) is 5.91 Å². The summed E-state index contributed by atoms with van der Waals surface area (Å²) in [7, 11) is 7.97. The van der Waals surface area contributed by atoms with Crippen molar-refractivity contribution in [3.8, 4) is 40.2 Å². The van der Waals surface area contributed by atoms with Gasteiger partial charge in [-0.05, 0) is 91.9 Å². The van der Waals surface area contributed by atoms with Crippen LogP contribution in [-0.4, -0.2) is 60.4 Å². The first kappa shape index (κ1) is 37.3. The highest BCUT2D eigenvalue weighted by molar-refractivity contribution is 6.31. The fraction of sp³-hybridized carbons (Fsp3) is 0.350. The molecule has 6 rings (SSSR count). The molecule has 0 radical (unpaired) electrons. The van der Waals surface area contributed by atoms with Crippen molar-refractivity contribution in [2.45, 2.75) is 44.4 Å². The summed E-state index contributed by atoms with van der Waals surface area (Å²) in [6, 6.07) is 20.4. The zero-order valence-electron chi connectivity index (χ0n) is 30.5. The number of amides is 1. The summed E-state index contributed by atoms with van der Waals surface area (Å²) in [5, 5.41) is 11.2. The van der Waals surface area contributed by atoms with Gasteiger partial charge in [-0.2, -0.15) is 0 Å². The van der Waals surface area contributed by atoms with Crippen LogP contribution in [0, 0.1) is 0 Å². The van der Waals surface area contributed by atoms with E-state index in [0.717, 1.165) is 53.8 Å².